The predicted octanol–water partition coefficient (Wildman–Crippen LogP) is 0.697. The summed E-state index contributed by atoms with van der Waals surface area (Å²) < 4.78 is 0. The largest absolute Gasteiger partial charge is 0.382 e. The van der Waals surface area contributed by atoms with Crippen molar-refractivity contribution in [3.05, 3.63) is 39.4 Å². The monoisotopic (exact) mass is 294 g/mol. The van der Waals surface area contributed by atoms with Crippen LogP contribution >= 0.6 is 0 Å². The highest BCUT2D eigenvalue weighted by Gasteiger charge is 2.22. The van der Waals surface area contributed by atoms with Crippen LogP contribution in [0.3, 0.4) is 0 Å². The molecule has 1 aromatic carbocycles. The third-order valence-corrected chi connectivity index (χ3v) is 3.06. The summed E-state index contributed by atoms with van der Waals surface area (Å²) in [6.07, 6.45) is 0. The van der Waals surface area contributed by atoms with Gasteiger partial charge in [-0.2, -0.15) is 0 Å². The van der Waals surface area contributed by atoms with Crippen LogP contribution in [0.2, 0.25) is 0 Å². The number of rotatable bonds is 4. The summed E-state index contributed by atoms with van der Waals surface area (Å²) in [7, 11) is 0. The van der Waals surface area contributed by atoms with Crippen LogP contribution in [0.5, 0.6) is 0 Å². The standard InChI is InChI=1S/C11H16N6O2.C2H6/c1-7-2-3-8(4-10(7)17(18)19)11(12)15-16(13)9-5-14-6-9;1-2/h2-4,9,14H,5-6,13H2,1H3,(H2,12,15);1-2H3. The molecule has 1 fully saturated rings. The highest BCUT2D eigenvalue weighted by atomic mass is 16.6. The molecule has 1 aliphatic rings. The molecule has 0 aliphatic carbocycles. The Labute approximate surface area is 123 Å². The maximum absolute atomic E-state index is 10.9. The van der Waals surface area contributed by atoms with Crippen LogP contribution in [-0.4, -0.2) is 35.0 Å². The molecule has 116 valence electrons. The van der Waals surface area contributed by atoms with Gasteiger partial charge in [-0.3, -0.25) is 10.1 Å². The van der Waals surface area contributed by atoms with Crippen molar-refractivity contribution in [2.24, 2.45) is 16.7 Å². The summed E-state index contributed by atoms with van der Waals surface area (Å²) in [6, 6.07) is 4.84. The van der Waals surface area contributed by atoms with E-state index < -0.39 is 4.92 Å². The minimum Gasteiger partial charge on any atom is -0.382 e. The van der Waals surface area contributed by atoms with Crippen molar-refractivity contribution in [3.63, 3.8) is 0 Å². The lowest BCUT2D eigenvalue weighted by molar-refractivity contribution is -0.385. The number of nitro benzene ring substituents is 1. The Morgan fingerprint density at radius 3 is 2.57 bits per heavy atom. The smallest absolute Gasteiger partial charge is 0.273 e. The zero-order valence-electron chi connectivity index (χ0n) is 12.5. The van der Waals surface area contributed by atoms with Gasteiger partial charge >= 0.3 is 0 Å². The van der Waals surface area contributed by atoms with Gasteiger partial charge in [0, 0.05) is 30.3 Å². The van der Waals surface area contributed by atoms with Gasteiger partial charge in [0.15, 0.2) is 5.84 Å². The van der Waals surface area contributed by atoms with E-state index in [9.17, 15) is 10.1 Å². The normalized spacial score (nSPS) is 14.8. The van der Waals surface area contributed by atoms with E-state index in [0.717, 1.165) is 13.1 Å². The molecule has 1 aliphatic heterocycles. The summed E-state index contributed by atoms with van der Waals surface area (Å²) in [5.41, 5.74) is 6.90. The third-order valence-electron chi connectivity index (χ3n) is 3.06. The minimum atomic E-state index is -0.442. The fourth-order valence-corrected chi connectivity index (χ4v) is 1.69. The van der Waals surface area contributed by atoms with Gasteiger partial charge in [0.25, 0.3) is 5.69 Å². The lowest BCUT2D eigenvalue weighted by Gasteiger charge is -2.32. The number of hydrazine groups is 1. The van der Waals surface area contributed by atoms with Crippen molar-refractivity contribution in [2.75, 3.05) is 13.1 Å². The average molecular weight is 294 g/mol. The molecule has 8 heteroatoms. The number of aryl methyl sites for hydroxylation is 1. The first-order valence-corrected chi connectivity index (χ1v) is 6.83. The van der Waals surface area contributed by atoms with Gasteiger partial charge in [0.2, 0.25) is 0 Å². The number of amidine groups is 1. The molecular formula is C13H22N6O2. The molecule has 21 heavy (non-hydrogen) atoms. The first-order valence-electron chi connectivity index (χ1n) is 6.83. The molecule has 0 bridgehead atoms. The van der Waals surface area contributed by atoms with Crippen molar-refractivity contribution < 1.29 is 4.92 Å². The van der Waals surface area contributed by atoms with Crippen LogP contribution < -0.4 is 16.9 Å². The van der Waals surface area contributed by atoms with E-state index in [0.29, 0.717) is 11.1 Å². The zero-order valence-corrected chi connectivity index (χ0v) is 12.5. The Morgan fingerprint density at radius 2 is 2.10 bits per heavy atom. The fourth-order valence-electron chi connectivity index (χ4n) is 1.69. The van der Waals surface area contributed by atoms with Crippen molar-refractivity contribution in [1.29, 1.82) is 0 Å². The lowest BCUT2D eigenvalue weighted by atomic mass is 10.1. The summed E-state index contributed by atoms with van der Waals surface area (Å²) in [6.45, 7) is 7.17. The predicted molar refractivity (Wildman–Crippen MR) is 82.6 cm³/mol. The van der Waals surface area contributed by atoms with Crippen molar-refractivity contribution in [2.45, 2.75) is 26.8 Å². The molecule has 1 aromatic rings. The molecule has 0 amide bonds. The number of hydrogen-bond acceptors (Lipinski definition) is 6. The van der Waals surface area contributed by atoms with E-state index in [1.54, 1.807) is 19.1 Å². The summed E-state index contributed by atoms with van der Waals surface area (Å²) in [4.78, 5) is 10.4. The quantitative estimate of drug-likeness (QED) is 0.247. The maximum atomic E-state index is 10.9. The summed E-state index contributed by atoms with van der Waals surface area (Å²) >= 11 is 0. The Bertz CT molecular complexity index is 527. The van der Waals surface area contributed by atoms with Gasteiger partial charge in [0.1, 0.15) is 0 Å². The van der Waals surface area contributed by atoms with Gasteiger partial charge in [-0.25, -0.2) is 11.0 Å². The molecule has 0 radical (unpaired) electrons. The van der Waals surface area contributed by atoms with Crippen molar-refractivity contribution >= 4 is 11.5 Å². The number of nitrogens with zero attached hydrogens (tertiary/aromatic N) is 3. The van der Waals surface area contributed by atoms with Gasteiger partial charge < -0.3 is 11.1 Å². The maximum Gasteiger partial charge on any atom is 0.273 e. The van der Waals surface area contributed by atoms with Crippen LogP contribution in [0.25, 0.3) is 0 Å². The molecule has 5 N–H and O–H groups in total. The summed E-state index contributed by atoms with van der Waals surface area (Å²) in [5.74, 6) is 5.90. The van der Waals surface area contributed by atoms with Crippen LogP contribution in [0.4, 0.5) is 5.69 Å². The molecule has 8 nitrogen and oxygen atoms in total. The molecule has 1 heterocycles. The van der Waals surface area contributed by atoms with E-state index in [4.69, 9.17) is 11.6 Å². The number of nitro groups is 1. The number of hydrogen-bond donors (Lipinski definition) is 3. The van der Waals surface area contributed by atoms with E-state index in [1.807, 2.05) is 13.8 Å². The second kappa shape index (κ2) is 7.55. The molecule has 0 unspecified atom stereocenters. The van der Waals surface area contributed by atoms with Crippen LogP contribution in [-0.2, 0) is 0 Å². The molecule has 2 rings (SSSR count). The van der Waals surface area contributed by atoms with E-state index in [-0.39, 0.29) is 17.6 Å². The van der Waals surface area contributed by atoms with Gasteiger partial charge in [-0.05, 0) is 6.92 Å². The minimum absolute atomic E-state index is 0.0181. The topological polar surface area (TPSA) is 123 Å². The fraction of sp³-hybridized carbons (Fsp3) is 0.462. The van der Waals surface area contributed by atoms with Crippen LogP contribution in [0.1, 0.15) is 25.0 Å². The number of benzene rings is 1. The first-order chi connectivity index (χ1) is 9.99. The number of nitrogens with two attached hydrogens (primary N) is 2. The highest BCUT2D eigenvalue weighted by molar-refractivity contribution is 5.97. The van der Waals surface area contributed by atoms with E-state index >= 15 is 0 Å². The van der Waals surface area contributed by atoms with E-state index in [1.165, 1.54) is 11.2 Å². The highest BCUT2D eigenvalue weighted by Crippen LogP contribution is 2.19. The Balaban J connectivity index is 0.00000106. The van der Waals surface area contributed by atoms with Crippen molar-refractivity contribution in [3.8, 4) is 0 Å². The van der Waals surface area contributed by atoms with Crippen LogP contribution in [0, 0.1) is 17.0 Å². The second-order valence-electron chi connectivity index (χ2n) is 4.44. The first kappa shape index (κ1) is 16.9. The third kappa shape index (κ3) is 4.14. The van der Waals surface area contributed by atoms with E-state index in [2.05, 4.69) is 10.4 Å². The second-order valence-corrected chi connectivity index (χ2v) is 4.44. The number of nitrogens with one attached hydrogen (secondary N) is 1. The SMILES string of the molecule is CC.Cc1ccc(/C(N)=N/N(N)C2CNC2)cc1[N+](=O)[O-]. The van der Waals surface area contributed by atoms with Crippen LogP contribution in [0.15, 0.2) is 23.3 Å². The molecule has 0 atom stereocenters. The van der Waals surface area contributed by atoms with Gasteiger partial charge in [-0.15, -0.1) is 5.10 Å². The van der Waals surface area contributed by atoms with Gasteiger partial charge in [0.05, 0.1) is 11.0 Å². The zero-order chi connectivity index (χ0) is 16.0. The molecule has 0 saturated carbocycles. The molecule has 1 saturated heterocycles. The Hall–Kier alpha value is -2.19. The molecule has 0 spiro atoms. The lowest BCUT2D eigenvalue weighted by Crippen LogP contribution is -2.58. The average Bonchev–Trinajstić information content (AvgIpc) is 2.38. The Morgan fingerprint density at radius 1 is 1.48 bits per heavy atom. The number of hydrazone groups is 1. The summed E-state index contributed by atoms with van der Waals surface area (Å²) in [5, 5.41) is 19.3. The Kier molecular flexibility index (Phi) is 6.07. The van der Waals surface area contributed by atoms with Gasteiger partial charge in [-0.1, -0.05) is 26.0 Å². The molecular weight excluding hydrogens is 272 g/mol. The van der Waals surface area contributed by atoms with Crippen molar-refractivity contribution in [1.82, 2.24) is 10.4 Å². The molecule has 0 aromatic heterocycles.